The molecule has 0 saturated carbocycles. The fourth-order valence-electron chi connectivity index (χ4n) is 9.50. The lowest BCUT2D eigenvalue weighted by atomic mass is 9.78. The van der Waals surface area contributed by atoms with Gasteiger partial charge in [-0.3, -0.25) is 0 Å². The maximum Gasteiger partial charge on any atom is 0.0540 e. The van der Waals surface area contributed by atoms with Gasteiger partial charge in [0, 0.05) is 16.6 Å². The number of benzene rings is 11. The maximum atomic E-state index is 2.45. The maximum absolute atomic E-state index is 2.45. The smallest absolute Gasteiger partial charge is 0.0540 e. The summed E-state index contributed by atoms with van der Waals surface area (Å²) in [6.07, 6.45) is 0. The Labute approximate surface area is 369 Å². The first-order valence-corrected chi connectivity index (χ1v) is 21.7. The highest BCUT2D eigenvalue weighted by atomic mass is 15.1. The zero-order valence-corrected chi connectivity index (χ0v) is 34.8. The first kappa shape index (κ1) is 37.7. The SMILES string of the molecule is c1ccc(-c2ccccc2N(c2ccccc2)c2ccc(-c3ccc4c(-c5ccccc5)c(-c5ccccc5)c(-c5ccccc5)c(-c5ccccc5)c4c3)c3ccccc23)cc1. The van der Waals surface area contributed by atoms with E-state index in [4.69, 9.17) is 0 Å². The van der Waals surface area contributed by atoms with Gasteiger partial charge in [-0.05, 0) is 108 Å². The van der Waals surface area contributed by atoms with Gasteiger partial charge in [-0.1, -0.05) is 231 Å². The molecule has 0 aliphatic carbocycles. The molecule has 1 heteroatoms. The van der Waals surface area contributed by atoms with Crippen molar-refractivity contribution in [1.82, 2.24) is 0 Å². The van der Waals surface area contributed by atoms with Gasteiger partial charge in [0.2, 0.25) is 0 Å². The molecule has 11 aromatic carbocycles. The molecule has 0 amide bonds. The molecule has 0 unspecified atom stereocenters. The molecule has 0 aliphatic rings. The monoisotopic (exact) mass is 801 g/mol. The number of hydrogen-bond donors (Lipinski definition) is 0. The standard InChI is InChI=1S/C62H43N/c1-7-23-44(24-8-1)52-35-21-22-38-57(52)63(50-33-17-6-18-34-50)58-42-41-51(53-36-19-20-37-54(53)58)49-39-40-55-56(43-49)60(46-27-11-3-12-28-46)62(48-31-15-5-16-32-48)61(47-29-13-4-14-30-47)59(55)45-25-9-2-10-26-45/h1-43H. The van der Waals surface area contributed by atoms with E-state index >= 15 is 0 Å². The highest BCUT2D eigenvalue weighted by Gasteiger charge is 2.25. The van der Waals surface area contributed by atoms with E-state index in [1.165, 1.54) is 88.3 Å². The van der Waals surface area contributed by atoms with Gasteiger partial charge >= 0.3 is 0 Å². The Balaban J connectivity index is 1.20. The lowest BCUT2D eigenvalue weighted by Gasteiger charge is -2.29. The first-order valence-electron chi connectivity index (χ1n) is 21.7. The van der Waals surface area contributed by atoms with Gasteiger partial charge in [-0.2, -0.15) is 0 Å². The van der Waals surface area contributed by atoms with Crippen molar-refractivity contribution < 1.29 is 0 Å². The highest BCUT2D eigenvalue weighted by molar-refractivity contribution is 6.19. The molecule has 0 aromatic heterocycles. The number of rotatable bonds is 9. The molecule has 63 heavy (non-hydrogen) atoms. The Morgan fingerprint density at radius 1 is 0.206 bits per heavy atom. The van der Waals surface area contributed by atoms with Gasteiger partial charge in [-0.15, -0.1) is 0 Å². The molecular formula is C62H43N. The molecule has 296 valence electrons. The molecule has 0 bridgehead atoms. The summed E-state index contributed by atoms with van der Waals surface area (Å²) in [7, 11) is 0. The van der Waals surface area contributed by atoms with Gasteiger partial charge in [0.1, 0.15) is 0 Å². The summed E-state index contributed by atoms with van der Waals surface area (Å²) >= 11 is 0. The molecule has 0 N–H and O–H groups in total. The third-order valence-electron chi connectivity index (χ3n) is 12.3. The normalized spacial score (nSPS) is 11.2. The van der Waals surface area contributed by atoms with Gasteiger partial charge in [0.05, 0.1) is 11.4 Å². The van der Waals surface area contributed by atoms with Crippen LogP contribution in [0, 0.1) is 0 Å². The average molecular weight is 802 g/mol. The van der Waals surface area contributed by atoms with E-state index in [1.807, 2.05) is 0 Å². The number of hydrogen-bond acceptors (Lipinski definition) is 1. The van der Waals surface area contributed by atoms with Crippen LogP contribution in [0.15, 0.2) is 261 Å². The molecule has 11 aromatic rings. The minimum absolute atomic E-state index is 1.10. The zero-order chi connectivity index (χ0) is 42.0. The summed E-state index contributed by atoms with van der Waals surface area (Å²) in [5, 5.41) is 4.81. The molecule has 0 heterocycles. The molecule has 0 aliphatic heterocycles. The summed E-state index contributed by atoms with van der Waals surface area (Å²) in [5.74, 6) is 0. The summed E-state index contributed by atoms with van der Waals surface area (Å²) in [6.45, 7) is 0. The number of nitrogens with zero attached hydrogens (tertiary/aromatic N) is 1. The summed E-state index contributed by atoms with van der Waals surface area (Å²) in [6, 6.07) is 94.7. The van der Waals surface area contributed by atoms with Crippen LogP contribution >= 0.6 is 0 Å². The van der Waals surface area contributed by atoms with Gasteiger partial charge in [0.15, 0.2) is 0 Å². The zero-order valence-electron chi connectivity index (χ0n) is 34.8. The summed E-state index contributed by atoms with van der Waals surface area (Å²) in [5.41, 5.74) is 17.8. The van der Waals surface area contributed by atoms with Crippen molar-refractivity contribution in [2.24, 2.45) is 0 Å². The van der Waals surface area contributed by atoms with Crippen LogP contribution in [0.2, 0.25) is 0 Å². The topological polar surface area (TPSA) is 3.24 Å². The van der Waals surface area contributed by atoms with Crippen LogP contribution in [0.4, 0.5) is 17.1 Å². The second-order valence-corrected chi connectivity index (χ2v) is 16.0. The second kappa shape index (κ2) is 16.7. The van der Waals surface area contributed by atoms with Crippen molar-refractivity contribution in [2.45, 2.75) is 0 Å². The lowest BCUT2D eigenvalue weighted by Crippen LogP contribution is -2.11. The van der Waals surface area contributed by atoms with E-state index < -0.39 is 0 Å². The summed E-state index contributed by atoms with van der Waals surface area (Å²) in [4.78, 5) is 2.42. The highest BCUT2D eigenvalue weighted by Crippen LogP contribution is 2.52. The van der Waals surface area contributed by atoms with Crippen LogP contribution in [0.1, 0.15) is 0 Å². The van der Waals surface area contributed by atoms with Crippen molar-refractivity contribution in [1.29, 1.82) is 0 Å². The Morgan fingerprint density at radius 3 is 1.19 bits per heavy atom. The minimum Gasteiger partial charge on any atom is -0.309 e. The Hall–Kier alpha value is -8.26. The Morgan fingerprint density at radius 2 is 0.635 bits per heavy atom. The molecule has 0 saturated heterocycles. The molecule has 0 atom stereocenters. The third-order valence-corrected chi connectivity index (χ3v) is 12.3. The largest absolute Gasteiger partial charge is 0.309 e. The molecule has 0 fully saturated rings. The molecule has 1 nitrogen and oxygen atoms in total. The van der Waals surface area contributed by atoms with Gasteiger partial charge in [0.25, 0.3) is 0 Å². The van der Waals surface area contributed by atoms with E-state index in [2.05, 4.69) is 266 Å². The van der Waals surface area contributed by atoms with Crippen LogP contribution < -0.4 is 4.90 Å². The third kappa shape index (κ3) is 6.96. The van der Waals surface area contributed by atoms with Crippen molar-refractivity contribution in [3.05, 3.63) is 261 Å². The van der Waals surface area contributed by atoms with Gasteiger partial charge < -0.3 is 4.90 Å². The number of anilines is 3. The van der Waals surface area contributed by atoms with E-state index in [1.54, 1.807) is 0 Å². The van der Waals surface area contributed by atoms with Crippen LogP contribution in [-0.4, -0.2) is 0 Å². The fourth-order valence-corrected chi connectivity index (χ4v) is 9.50. The average Bonchev–Trinajstić information content (AvgIpc) is 3.37. The fraction of sp³-hybridized carbons (Fsp3) is 0. The number of para-hydroxylation sites is 2. The summed E-state index contributed by atoms with van der Waals surface area (Å²) < 4.78 is 0. The predicted molar refractivity (Wildman–Crippen MR) is 269 cm³/mol. The molecule has 0 radical (unpaired) electrons. The molecule has 11 rings (SSSR count). The van der Waals surface area contributed by atoms with E-state index in [0.717, 1.165) is 17.1 Å². The predicted octanol–water partition coefficient (Wildman–Crippen LogP) is 17.5. The quantitative estimate of drug-likeness (QED) is 0.141. The first-order chi connectivity index (χ1) is 31.3. The number of fused-ring (bicyclic) bond motifs is 2. The van der Waals surface area contributed by atoms with Crippen molar-refractivity contribution in [3.8, 4) is 66.8 Å². The van der Waals surface area contributed by atoms with Crippen LogP contribution in [0.3, 0.4) is 0 Å². The molecule has 0 spiro atoms. The van der Waals surface area contributed by atoms with Crippen molar-refractivity contribution >= 4 is 38.6 Å². The minimum atomic E-state index is 1.10. The van der Waals surface area contributed by atoms with E-state index in [0.29, 0.717) is 0 Å². The van der Waals surface area contributed by atoms with Gasteiger partial charge in [-0.25, -0.2) is 0 Å². The Kier molecular flexibility index (Phi) is 9.97. The van der Waals surface area contributed by atoms with Crippen LogP contribution in [0.5, 0.6) is 0 Å². The van der Waals surface area contributed by atoms with Crippen molar-refractivity contribution in [2.75, 3.05) is 4.90 Å². The van der Waals surface area contributed by atoms with Crippen LogP contribution in [-0.2, 0) is 0 Å². The van der Waals surface area contributed by atoms with Crippen LogP contribution in [0.25, 0.3) is 88.3 Å². The lowest BCUT2D eigenvalue weighted by molar-refractivity contribution is 1.30. The second-order valence-electron chi connectivity index (χ2n) is 16.0. The van der Waals surface area contributed by atoms with Crippen molar-refractivity contribution in [3.63, 3.8) is 0 Å². The van der Waals surface area contributed by atoms with E-state index in [-0.39, 0.29) is 0 Å². The van der Waals surface area contributed by atoms with E-state index in [9.17, 15) is 0 Å². The Bertz CT molecular complexity index is 3340. The molecular weight excluding hydrogens is 759 g/mol.